The van der Waals surface area contributed by atoms with Crippen LogP contribution < -0.4 is 4.74 Å². The molecule has 1 N–H and O–H groups in total. The van der Waals surface area contributed by atoms with Gasteiger partial charge in [-0.25, -0.2) is 0 Å². The fraction of sp³-hybridized carbons (Fsp3) is 0.308. The molecule has 6 nitrogen and oxygen atoms in total. The van der Waals surface area contributed by atoms with Crippen molar-refractivity contribution >= 4 is 11.9 Å². The van der Waals surface area contributed by atoms with Crippen LogP contribution >= 0.6 is 0 Å². The maximum atomic E-state index is 10.9. The average Bonchev–Trinajstić information content (AvgIpc) is 2.35. The molecule has 0 bridgehead atoms. The Hall–Kier alpha value is -2.39. The minimum atomic E-state index is -1.29. The van der Waals surface area contributed by atoms with Gasteiger partial charge in [0.05, 0.1) is 6.07 Å². The van der Waals surface area contributed by atoms with Crippen molar-refractivity contribution < 1.29 is 24.2 Å². The minimum Gasteiger partial charge on any atom is -0.461 e. The standard InChI is InChI=1S/C13H13NO5/c1-8(15)18-7-11-5-10(12(17)6-14)3-4-13(11)19-9(2)16/h3-5,12,17H,7H2,1-2H3/t12-/m0/s1. The van der Waals surface area contributed by atoms with Crippen molar-refractivity contribution in [2.45, 2.75) is 26.6 Å². The number of benzene rings is 1. The summed E-state index contributed by atoms with van der Waals surface area (Å²) in [6, 6.07) is 6.03. The second-order valence-corrected chi connectivity index (χ2v) is 3.77. The first-order valence-corrected chi connectivity index (χ1v) is 5.46. The lowest BCUT2D eigenvalue weighted by atomic mass is 10.1. The van der Waals surface area contributed by atoms with Gasteiger partial charge in [0.1, 0.15) is 12.4 Å². The Labute approximate surface area is 110 Å². The van der Waals surface area contributed by atoms with Gasteiger partial charge in [0, 0.05) is 19.4 Å². The van der Waals surface area contributed by atoms with E-state index in [-0.39, 0.29) is 12.4 Å². The third-order valence-corrected chi connectivity index (χ3v) is 2.21. The maximum absolute atomic E-state index is 10.9. The molecule has 1 rings (SSSR count). The fourth-order valence-corrected chi connectivity index (χ4v) is 1.39. The highest BCUT2D eigenvalue weighted by molar-refractivity contribution is 5.70. The molecule has 0 saturated carbocycles. The first-order chi connectivity index (χ1) is 8.93. The third kappa shape index (κ3) is 4.41. The zero-order valence-corrected chi connectivity index (χ0v) is 10.5. The summed E-state index contributed by atoms with van der Waals surface area (Å²) in [6.07, 6.45) is -1.29. The van der Waals surface area contributed by atoms with E-state index in [1.54, 1.807) is 6.07 Å². The average molecular weight is 263 g/mol. The Morgan fingerprint density at radius 3 is 2.58 bits per heavy atom. The van der Waals surface area contributed by atoms with Crippen molar-refractivity contribution in [2.75, 3.05) is 0 Å². The van der Waals surface area contributed by atoms with E-state index in [4.69, 9.17) is 14.7 Å². The Bertz CT molecular complexity index is 532. The van der Waals surface area contributed by atoms with Crippen LogP contribution in [-0.2, 0) is 20.9 Å². The highest BCUT2D eigenvalue weighted by atomic mass is 16.5. The van der Waals surface area contributed by atoms with Gasteiger partial charge in [-0.2, -0.15) is 5.26 Å². The van der Waals surface area contributed by atoms with Gasteiger partial charge in [-0.3, -0.25) is 9.59 Å². The lowest BCUT2D eigenvalue weighted by molar-refractivity contribution is -0.142. The Kier molecular flexibility index (Phi) is 5.03. The number of ether oxygens (including phenoxy) is 2. The molecular weight excluding hydrogens is 250 g/mol. The largest absolute Gasteiger partial charge is 0.461 e. The topological polar surface area (TPSA) is 96.6 Å². The van der Waals surface area contributed by atoms with Gasteiger partial charge >= 0.3 is 11.9 Å². The van der Waals surface area contributed by atoms with Crippen LogP contribution in [0.5, 0.6) is 5.75 Å². The highest BCUT2D eigenvalue weighted by Gasteiger charge is 2.13. The molecule has 1 aromatic rings. The maximum Gasteiger partial charge on any atom is 0.308 e. The number of hydrogen-bond acceptors (Lipinski definition) is 6. The van der Waals surface area contributed by atoms with E-state index in [1.807, 2.05) is 0 Å². The summed E-state index contributed by atoms with van der Waals surface area (Å²) in [5.41, 5.74) is 0.734. The lowest BCUT2D eigenvalue weighted by Gasteiger charge is -2.11. The van der Waals surface area contributed by atoms with Crippen LogP contribution in [0.4, 0.5) is 0 Å². The molecule has 0 heterocycles. The Balaban J connectivity index is 3.07. The van der Waals surface area contributed by atoms with E-state index in [0.29, 0.717) is 11.1 Å². The van der Waals surface area contributed by atoms with Crippen LogP contribution in [0.1, 0.15) is 31.1 Å². The second kappa shape index (κ2) is 6.52. The SMILES string of the molecule is CC(=O)OCc1cc([C@@H](O)C#N)ccc1OC(C)=O. The molecule has 1 aromatic carbocycles. The van der Waals surface area contributed by atoms with Crippen LogP contribution in [0.3, 0.4) is 0 Å². The van der Waals surface area contributed by atoms with Gasteiger partial charge in [-0.15, -0.1) is 0 Å². The van der Waals surface area contributed by atoms with Crippen molar-refractivity contribution in [1.82, 2.24) is 0 Å². The van der Waals surface area contributed by atoms with Crippen LogP contribution in [0, 0.1) is 11.3 Å². The summed E-state index contributed by atoms with van der Waals surface area (Å²) in [7, 11) is 0. The molecule has 0 fully saturated rings. The molecule has 6 heteroatoms. The molecule has 100 valence electrons. The Morgan fingerprint density at radius 2 is 2.05 bits per heavy atom. The number of carbonyl (C=O) groups is 2. The number of rotatable bonds is 4. The summed E-state index contributed by atoms with van der Waals surface area (Å²) < 4.78 is 9.78. The predicted molar refractivity (Wildman–Crippen MR) is 63.8 cm³/mol. The predicted octanol–water partition coefficient (Wildman–Crippen LogP) is 1.23. The Morgan fingerprint density at radius 1 is 1.37 bits per heavy atom. The van der Waals surface area contributed by atoms with Gasteiger partial charge in [-0.05, 0) is 17.7 Å². The van der Waals surface area contributed by atoms with Crippen LogP contribution in [-0.4, -0.2) is 17.0 Å². The second-order valence-electron chi connectivity index (χ2n) is 3.77. The van der Waals surface area contributed by atoms with Gasteiger partial charge in [-0.1, -0.05) is 6.07 Å². The quantitative estimate of drug-likeness (QED) is 0.498. The zero-order valence-electron chi connectivity index (χ0n) is 10.5. The first-order valence-electron chi connectivity index (χ1n) is 5.46. The van der Waals surface area contributed by atoms with E-state index in [0.717, 1.165) is 0 Å². The smallest absolute Gasteiger partial charge is 0.308 e. The fourth-order valence-electron chi connectivity index (χ4n) is 1.39. The van der Waals surface area contributed by atoms with Crippen molar-refractivity contribution in [3.8, 4) is 11.8 Å². The van der Waals surface area contributed by atoms with E-state index >= 15 is 0 Å². The van der Waals surface area contributed by atoms with E-state index in [1.165, 1.54) is 32.0 Å². The molecule has 0 aliphatic rings. The first kappa shape index (κ1) is 14.7. The van der Waals surface area contributed by atoms with Crippen LogP contribution in [0.15, 0.2) is 18.2 Å². The number of nitrogens with zero attached hydrogens (tertiary/aromatic N) is 1. The number of aliphatic hydroxyl groups excluding tert-OH is 1. The highest BCUT2D eigenvalue weighted by Crippen LogP contribution is 2.24. The van der Waals surface area contributed by atoms with Crippen molar-refractivity contribution in [2.24, 2.45) is 0 Å². The molecule has 0 amide bonds. The molecular formula is C13H13NO5. The zero-order chi connectivity index (χ0) is 14.4. The molecule has 0 unspecified atom stereocenters. The van der Waals surface area contributed by atoms with Gasteiger partial charge in [0.25, 0.3) is 0 Å². The number of carbonyl (C=O) groups excluding carboxylic acids is 2. The van der Waals surface area contributed by atoms with Crippen LogP contribution in [0.25, 0.3) is 0 Å². The molecule has 19 heavy (non-hydrogen) atoms. The molecule has 0 aliphatic carbocycles. The third-order valence-electron chi connectivity index (χ3n) is 2.21. The molecule has 1 atom stereocenters. The van der Waals surface area contributed by atoms with E-state index < -0.39 is 18.0 Å². The minimum absolute atomic E-state index is 0.107. The number of nitriles is 1. The summed E-state index contributed by atoms with van der Waals surface area (Å²) in [4.78, 5) is 21.7. The van der Waals surface area contributed by atoms with Crippen molar-refractivity contribution in [3.05, 3.63) is 29.3 Å². The summed E-state index contributed by atoms with van der Waals surface area (Å²) in [5, 5.41) is 18.1. The molecule has 0 saturated heterocycles. The molecule has 0 aromatic heterocycles. The number of hydrogen-bond donors (Lipinski definition) is 1. The molecule has 0 radical (unpaired) electrons. The normalized spacial score (nSPS) is 11.3. The van der Waals surface area contributed by atoms with E-state index in [9.17, 15) is 14.7 Å². The molecule has 0 spiro atoms. The lowest BCUT2D eigenvalue weighted by Crippen LogP contribution is -2.07. The van der Waals surface area contributed by atoms with Gasteiger partial charge < -0.3 is 14.6 Å². The monoisotopic (exact) mass is 263 g/mol. The van der Waals surface area contributed by atoms with Gasteiger partial charge in [0.15, 0.2) is 6.10 Å². The molecule has 0 aliphatic heterocycles. The summed E-state index contributed by atoms with van der Waals surface area (Å²) >= 11 is 0. The number of esters is 2. The van der Waals surface area contributed by atoms with E-state index in [2.05, 4.69) is 0 Å². The van der Waals surface area contributed by atoms with Crippen molar-refractivity contribution in [3.63, 3.8) is 0 Å². The number of aliphatic hydroxyl groups is 1. The van der Waals surface area contributed by atoms with Gasteiger partial charge in [0.2, 0.25) is 0 Å². The summed E-state index contributed by atoms with van der Waals surface area (Å²) in [6.45, 7) is 2.39. The summed E-state index contributed by atoms with van der Waals surface area (Å²) in [5.74, 6) is -0.777. The van der Waals surface area contributed by atoms with Crippen LogP contribution in [0.2, 0.25) is 0 Å². The van der Waals surface area contributed by atoms with Crippen molar-refractivity contribution in [1.29, 1.82) is 5.26 Å².